The van der Waals surface area contributed by atoms with Gasteiger partial charge in [-0.25, -0.2) is 8.78 Å². The first-order chi connectivity index (χ1) is 3.89. The van der Waals surface area contributed by atoms with Gasteiger partial charge in [0.25, 0.3) is 6.43 Å². The highest BCUT2D eigenvalue weighted by Gasteiger charge is 2.30. The number of hydrogen-bond donors (Lipinski definition) is 1. The largest absolute Gasteiger partial charge is 0.317 e. The maximum absolute atomic E-state index is 11.9. The van der Waals surface area contributed by atoms with Crippen molar-refractivity contribution in [2.24, 2.45) is 5.73 Å². The molecule has 0 amide bonds. The van der Waals surface area contributed by atoms with Crippen LogP contribution in [0, 0.1) is 0 Å². The van der Waals surface area contributed by atoms with Crippen molar-refractivity contribution >= 4 is 0 Å². The Morgan fingerprint density at radius 1 is 1.67 bits per heavy atom. The minimum absolute atomic E-state index is 0.303. The molecular weight excluding hydrogens is 124 g/mol. The fourth-order valence-corrected chi connectivity index (χ4v) is 0.186. The summed E-state index contributed by atoms with van der Waals surface area (Å²) >= 11 is 0. The fraction of sp³-hybridized carbons (Fsp3) is 0.667. The predicted molar refractivity (Wildman–Crippen MR) is 33.4 cm³/mol. The monoisotopic (exact) mass is 135 g/mol. The molecule has 0 radical (unpaired) electrons. The van der Waals surface area contributed by atoms with Crippen LogP contribution in [0.1, 0.15) is 13.8 Å². The smallest absolute Gasteiger partial charge is 0.259 e. The van der Waals surface area contributed by atoms with Gasteiger partial charge in [-0.1, -0.05) is 12.2 Å². The molecule has 0 aliphatic rings. The Balaban J connectivity index is 4.19. The van der Waals surface area contributed by atoms with Crippen LogP contribution in [-0.4, -0.2) is 12.0 Å². The van der Waals surface area contributed by atoms with Gasteiger partial charge in [0, 0.05) is 0 Å². The first-order valence-electron chi connectivity index (χ1n) is 2.62. The summed E-state index contributed by atoms with van der Waals surface area (Å²) in [5.41, 5.74) is 3.93. The maximum Gasteiger partial charge on any atom is 0.259 e. The van der Waals surface area contributed by atoms with E-state index in [1.165, 1.54) is 13.8 Å². The third-order valence-electron chi connectivity index (χ3n) is 1.37. The topological polar surface area (TPSA) is 26.0 Å². The number of alkyl halides is 2. The lowest BCUT2D eigenvalue weighted by Crippen LogP contribution is -2.44. The predicted octanol–water partition coefficient (Wildman–Crippen LogP) is 1.54. The summed E-state index contributed by atoms with van der Waals surface area (Å²) in [6, 6.07) is 0. The molecule has 0 aromatic rings. The molecular formula is C6H11F2N. The molecule has 0 fully saturated rings. The number of nitrogens with two attached hydrogens (primary N) is 1. The van der Waals surface area contributed by atoms with Crippen molar-refractivity contribution in [3.05, 3.63) is 12.2 Å². The Morgan fingerprint density at radius 2 is 2.00 bits per heavy atom. The zero-order valence-electron chi connectivity index (χ0n) is 5.62. The Morgan fingerprint density at radius 3 is 2.00 bits per heavy atom. The molecule has 3 heteroatoms. The molecule has 9 heavy (non-hydrogen) atoms. The van der Waals surface area contributed by atoms with Gasteiger partial charge >= 0.3 is 0 Å². The molecule has 0 bridgehead atoms. The van der Waals surface area contributed by atoms with E-state index in [0.717, 1.165) is 0 Å². The van der Waals surface area contributed by atoms with Crippen molar-refractivity contribution in [1.29, 1.82) is 0 Å². The van der Waals surface area contributed by atoms with Gasteiger partial charge in [0.05, 0.1) is 5.54 Å². The first kappa shape index (κ1) is 8.56. The van der Waals surface area contributed by atoms with Gasteiger partial charge in [-0.2, -0.15) is 0 Å². The van der Waals surface area contributed by atoms with Crippen molar-refractivity contribution in [2.75, 3.05) is 0 Å². The molecule has 1 nitrogen and oxygen atoms in total. The van der Waals surface area contributed by atoms with E-state index in [1.807, 2.05) is 0 Å². The molecule has 0 saturated carbocycles. The van der Waals surface area contributed by atoms with Gasteiger partial charge in [0.1, 0.15) is 0 Å². The van der Waals surface area contributed by atoms with Crippen molar-refractivity contribution in [3.63, 3.8) is 0 Å². The molecule has 2 N–H and O–H groups in total. The molecule has 0 aromatic heterocycles. The number of rotatable bonds is 2. The summed E-state index contributed by atoms with van der Waals surface area (Å²) in [6.07, 6.45) is -2.53. The van der Waals surface area contributed by atoms with E-state index in [-0.39, 0.29) is 0 Å². The summed E-state index contributed by atoms with van der Waals surface area (Å²) in [7, 11) is 0. The third kappa shape index (κ3) is 1.75. The van der Waals surface area contributed by atoms with Gasteiger partial charge < -0.3 is 5.73 Å². The van der Waals surface area contributed by atoms with Crippen molar-refractivity contribution in [3.8, 4) is 0 Å². The van der Waals surface area contributed by atoms with Crippen LogP contribution in [0.4, 0.5) is 8.78 Å². The Labute approximate surface area is 53.5 Å². The fourth-order valence-electron chi connectivity index (χ4n) is 0.186. The average Bonchev–Trinajstić information content (AvgIpc) is 1.65. The van der Waals surface area contributed by atoms with E-state index in [9.17, 15) is 8.78 Å². The van der Waals surface area contributed by atoms with Crippen LogP contribution in [-0.2, 0) is 0 Å². The summed E-state index contributed by atoms with van der Waals surface area (Å²) in [5.74, 6) is 0. The molecule has 0 saturated heterocycles. The Bertz CT molecular complexity index is 118. The van der Waals surface area contributed by atoms with E-state index in [0.29, 0.717) is 5.57 Å². The van der Waals surface area contributed by atoms with Crippen LogP contribution >= 0.6 is 0 Å². The van der Waals surface area contributed by atoms with Crippen molar-refractivity contribution in [1.82, 2.24) is 0 Å². The molecule has 0 rings (SSSR count). The van der Waals surface area contributed by atoms with Crippen molar-refractivity contribution < 1.29 is 8.78 Å². The highest BCUT2D eigenvalue weighted by molar-refractivity contribution is 5.11. The molecule has 0 heterocycles. The van der Waals surface area contributed by atoms with Gasteiger partial charge in [-0.05, 0) is 13.8 Å². The summed E-state index contributed by atoms with van der Waals surface area (Å²) in [5, 5.41) is 0. The number of hydrogen-bond acceptors (Lipinski definition) is 1. The minimum atomic E-state index is -2.53. The van der Waals surface area contributed by atoms with E-state index in [1.54, 1.807) is 0 Å². The summed E-state index contributed by atoms with van der Waals surface area (Å²) < 4.78 is 23.8. The average molecular weight is 135 g/mol. The summed E-state index contributed by atoms with van der Waals surface area (Å²) in [4.78, 5) is 0. The zero-order valence-corrected chi connectivity index (χ0v) is 5.62. The van der Waals surface area contributed by atoms with Gasteiger partial charge in [0.15, 0.2) is 0 Å². The lowest BCUT2D eigenvalue weighted by molar-refractivity contribution is 0.0830. The highest BCUT2D eigenvalue weighted by Crippen LogP contribution is 2.18. The molecule has 54 valence electrons. The first-order valence-corrected chi connectivity index (χ1v) is 2.62. The van der Waals surface area contributed by atoms with E-state index in [4.69, 9.17) is 5.73 Å². The van der Waals surface area contributed by atoms with E-state index < -0.39 is 12.0 Å². The zero-order chi connectivity index (χ0) is 7.65. The van der Waals surface area contributed by atoms with Gasteiger partial charge in [-0.3, -0.25) is 0 Å². The van der Waals surface area contributed by atoms with Crippen LogP contribution in [0.25, 0.3) is 0 Å². The SMILES string of the molecule is C=C(C)C(C)(N)C(F)F. The van der Waals surface area contributed by atoms with Crippen LogP contribution in [0.15, 0.2) is 12.2 Å². The molecule has 1 atom stereocenters. The minimum Gasteiger partial charge on any atom is -0.317 e. The second-order valence-corrected chi connectivity index (χ2v) is 2.36. The summed E-state index contributed by atoms with van der Waals surface area (Å²) in [6.45, 7) is 6.10. The van der Waals surface area contributed by atoms with E-state index in [2.05, 4.69) is 6.58 Å². The standard InChI is InChI=1S/C6H11F2N/c1-4(2)6(3,9)5(7)8/h5H,1,9H2,2-3H3. The molecule has 0 aromatic carbocycles. The molecule has 0 spiro atoms. The third-order valence-corrected chi connectivity index (χ3v) is 1.37. The molecule has 1 unspecified atom stereocenters. The van der Waals surface area contributed by atoms with Crippen LogP contribution in [0.5, 0.6) is 0 Å². The lowest BCUT2D eigenvalue weighted by atomic mass is 9.97. The highest BCUT2D eigenvalue weighted by atomic mass is 19.3. The Hall–Kier alpha value is -0.440. The quantitative estimate of drug-likeness (QED) is 0.571. The van der Waals surface area contributed by atoms with E-state index >= 15 is 0 Å². The van der Waals surface area contributed by atoms with Gasteiger partial charge in [-0.15, -0.1) is 0 Å². The second-order valence-electron chi connectivity index (χ2n) is 2.36. The lowest BCUT2D eigenvalue weighted by Gasteiger charge is -2.23. The number of halogens is 2. The van der Waals surface area contributed by atoms with Crippen molar-refractivity contribution in [2.45, 2.75) is 25.8 Å². The van der Waals surface area contributed by atoms with Crippen LogP contribution < -0.4 is 5.73 Å². The van der Waals surface area contributed by atoms with Gasteiger partial charge in [0.2, 0.25) is 0 Å². The molecule has 0 aliphatic heterocycles. The molecule has 0 aliphatic carbocycles. The maximum atomic E-state index is 11.9. The normalized spacial score (nSPS) is 17.6. The second kappa shape index (κ2) is 2.43. The van der Waals surface area contributed by atoms with Crippen LogP contribution in [0.3, 0.4) is 0 Å². The Kier molecular flexibility index (Phi) is 2.32. The van der Waals surface area contributed by atoms with Crippen LogP contribution in [0.2, 0.25) is 0 Å².